The van der Waals surface area contributed by atoms with Crippen LogP contribution in [0.25, 0.3) is 11.1 Å². The van der Waals surface area contributed by atoms with Crippen LogP contribution in [-0.4, -0.2) is 33.5 Å². The number of hydrogen-bond acceptors (Lipinski definition) is 4. The second-order valence-corrected chi connectivity index (χ2v) is 9.41. The Labute approximate surface area is 194 Å². The fourth-order valence-electron chi connectivity index (χ4n) is 4.36. The molecule has 0 radical (unpaired) electrons. The van der Waals surface area contributed by atoms with Crippen LogP contribution in [0.3, 0.4) is 0 Å². The van der Waals surface area contributed by atoms with Crippen LogP contribution in [0.1, 0.15) is 49.6 Å². The summed E-state index contributed by atoms with van der Waals surface area (Å²) in [6.45, 7) is 2.81. The van der Waals surface area contributed by atoms with E-state index in [2.05, 4.69) is 34.7 Å². The second kappa shape index (κ2) is 8.67. The largest absolute Gasteiger partial charge is 0.328 e. The second-order valence-electron chi connectivity index (χ2n) is 8.97. The first-order valence-corrected chi connectivity index (χ1v) is 11.6. The topological polar surface area (TPSA) is 55.0 Å². The van der Waals surface area contributed by atoms with Crippen molar-refractivity contribution in [2.45, 2.75) is 50.2 Å². The van der Waals surface area contributed by atoms with Gasteiger partial charge in [-0.3, -0.25) is 9.88 Å². The van der Waals surface area contributed by atoms with E-state index in [0.717, 1.165) is 33.1 Å². The van der Waals surface area contributed by atoms with E-state index in [-0.39, 0.29) is 5.54 Å². The van der Waals surface area contributed by atoms with Crippen LogP contribution in [0.15, 0.2) is 60.9 Å². The molecule has 2 aromatic heterocycles. The van der Waals surface area contributed by atoms with Crippen LogP contribution in [0, 0.1) is 11.8 Å². The van der Waals surface area contributed by atoms with Gasteiger partial charge in [-0.1, -0.05) is 35.7 Å². The molecule has 0 spiro atoms. The maximum absolute atomic E-state index is 6.28. The molecule has 5 rings (SSSR count). The SMILES string of the molecule is CC(CN)(c1ccc(C#Cc2ccc(-c3ccc(Cl)cc3)cn2)cn1)N(C1CC1)C1CC1. The van der Waals surface area contributed by atoms with Gasteiger partial charge in [-0.25, -0.2) is 4.98 Å². The Morgan fingerprint density at radius 3 is 2.12 bits per heavy atom. The van der Waals surface area contributed by atoms with E-state index >= 15 is 0 Å². The van der Waals surface area contributed by atoms with Crippen LogP contribution in [0.2, 0.25) is 5.02 Å². The Morgan fingerprint density at radius 1 is 0.906 bits per heavy atom. The molecule has 4 nitrogen and oxygen atoms in total. The first kappa shape index (κ1) is 21.2. The molecule has 162 valence electrons. The molecule has 3 aromatic rings. The first-order valence-electron chi connectivity index (χ1n) is 11.3. The number of benzene rings is 1. The summed E-state index contributed by atoms with van der Waals surface area (Å²) in [4.78, 5) is 11.9. The highest BCUT2D eigenvalue weighted by Gasteiger charge is 2.49. The third-order valence-corrected chi connectivity index (χ3v) is 6.69. The van der Waals surface area contributed by atoms with Gasteiger partial charge in [0.25, 0.3) is 0 Å². The molecule has 0 bridgehead atoms. The van der Waals surface area contributed by atoms with Gasteiger partial charge < -0.3 is 5.73 Å². The lowest BCUT2D eigenvalue weighted by Crippen LogP contribution is -2.52. The summed E-state index contributed by atoms with van der Waals surface area (Å²) in [5.74, 6) is 6.33. The van der Waals surface area contributed by atoms with Crippen molar-refractivity contribution in [1.29, 1.82) is 0 Å². The summed E-state index contributed by atoms with van der Waals surface area (Å²) < 4.78 is 0. The standard InChI is InChI=1S/C27H27ClN4/c1-27(18-29,32(24-11-12-24)25-13-14-25)26-15-3-19(16-31-26)2-9-23-10-6-21(17-30-23)20-4-7-22(28)8-5-20/h3-8,10,15-17,24-25H,11-14,18,29H2,1H3. The van der Waals surface area contributed by atoms with Gasteiger partial charge in [-0.15, -0.1) is 0 Å². The zero-order chi connectivity index (χ0) is 22.1. The summed E-state index contributed by atoms with van der Waals surface area (Å²) in [5, 5.41) is 0.725. The van der Waals surface area contributed by atoms with Crippen molar-refractivity contribution in [2.75, 3.05) is 6.54 Å². The number of halogens is 1. The van der Waals surface area contributed by atoms with Crippen molar-refractivity contribution in [1.82, 2.24) is 14.9 Å². The lowest BCUT2D eigenvalue weighted by Gasteiger charge is -2.41. The number of nitrogens with zero attached hydrogens (tertiary/aromatic N) is 3. The summed E-state index contributed by atoms with van der Waals surface area (Å²) >= 11 is 5.97. The van der Waals surface area contributed by atoms with E-state index in [1.54, 1.807) is 0 Å². The highest BCUT2D eigenvalue weighted by atomic mass is 35.5. The maximum Gasteiger partial charge on any atom is 0.113 e. The van der Waals surface area contributed by atoms with E-state index in [0.29, 0.717) is 18.6 Å². The summed E-state index contributed by atoms with van der Waals surface area (Å²) in [7, 11) is 0. The van der Waals surface area contributed by atoms with Gasteiger partial charge in [-0.2, -0.15) is 0 Å². The molecular formula is C27H27ClN4. The predicted octanol–water partition coefficient (Wildman–Crippen LogP) is 5.00. The zero-order valence-corrected chi connectivity index (χ0v) is 19.0. The molecule has 1 aromatic carbocycles. The minimum absolute atomic E-state index is 0.215. The van der Waals surface area contributed by atoms with E-state index < -0.39 is 0 Å². The molecule has 1 unspecified atom stereocenters. The molecule has 2 aliphatic carbocycles. The van der Waals surface area contributed by atoms with E-state index in [9.17, 15) is 0 Å². The smallest absolute Gasteiger partial charge is 0.113 e. The van der Waals surface area contributed by atoms with Crippen molar-refractivity contribution in [3.05, 3.63) is 82.9 Å². The van der Waals surface area contributed by atoms with Gasteiger partial charge in [0.15, 0.2) is 0 Å². The highest BCUT2D eigenvalue weighted by molar-refractivity contribution is 6.30. The van der Waals surface area contributed by atoms with E-state index in [1.807, 2.05) is 54.9 Å². The van der Waals surface area contributed by atoms with Crippen LogP contribution < -0.4 is 5.73 Å². The van der Waals surface area contributed by atoms with Crippen molar-refractivity contribution in [3.8, 4) is 23.0 Å². The van der Waals surface area contributed by atoms with Crippen LogP contribution in [-0.2, 0) is 5.54 Å². The van der Waals surface area contributed by atoms with Gasteiger partial charge in [0, 0.05) is 47.2 Å². The molecule has 2 fully saturated rings. The molecule has 2 saturated carbocycles. The normalized spacial score (nSPS) is 17.5. The number of aromatic nitrogens is 2. The Balaban J connectivity index is 1.31. The number of rotatable bonds is 6. The van der Waals surface area contributed by atoms with E-state index in [1.165, 1.54) is 25.7 Å². The van der Waals surface area contributed by atoms with Crippen molar-refractivity contribution in [2.24, 2.45) is 5.73 Å². The Morgan fingerprint density at radius 2 is 1.59 bits per heavy atom. The van der Waals surface area contributed by atoms with Gasteiger partial charge in [0.1, 0.15) is 5.69 Å². The van der Waals surface area contributed by atoms with Crippen LogP contribution >= 0.6 is 11.6 Å². The van der Waals surface area contributed by atoms with Crippen molar-refractivity contribution < 1.29 is 0 Å². The van der Waals surface area contributed by atoms with Gasteiger partial charge in [-0.05, 0) is 74.4 Å². The summed E-state index contributed by atoms with van der Waals surface area (Å²) in [6.07, 6.45) is 8.81. The third-order valence-electron chi connectivity index (χ3n) is 6.44. The van der Waals surface area contributed by atoms with Crippen molar-refractivity contribution in [3.63, 3.8) is 0 Å². The maximum atomic E-state index is 6.28. The lowest BCUT2D eigenvalue weighted by molar-refractivity contribution is 0.0858. The van der Waals surface area contributed by atoms with E-state index in [4.69, 9.17) is 22.3 Å². The number of nitrogens with two attached hydrogens (primary N) is 1. The Kier molecular flexibility index (Phi) is 5.73. The number of pyridine rings is 2. The Bertz CT molecular complexity index is 1130. The monoisotopic (exact) mass is 442 g/mol. The quantitative estimate of drug-likeness (QED) is 0.546. The minimum atomic E-state index is -0.215. The molecule has 5 heteroatoms. The predicted molar refractivity (Wildman–Crippen MR) is 129 cm³/mol. The van der Waals surface area contributed by atoms with Gasteiger partial charge >= 0.3 is 0 Å². The zero-order valence-electron chi connectivity index (χ0n) is 18.3. The summed E-state index contributed by atoms with van der Waals surface area (Å²) in [5.41, 5.74) is 10.8. The van der Waals surface area contributed by atoms with Gasteiger partial charge in [0.05, 0.1) is 11.2 Å². The third kappa shape index (κ3) is 4.42. The summed E-state index contributed by atoms with van der Waals surface area (Å²) in [6, 6.07) is 17.2. The molecular weight excluding hydrogens is 416 g/mol. The molecule has 2 N–H and O–H groups in total. The van der Waals surface area contributed by atoms with Crippen LogP contribution in [0.4, 0.5) is 0 Å². The molecule has 1 atom stereocenters. The molecule has 2 heterocycles. The first-order chi connectivity index (χ1) is 15.6. The molecule has 2 aliphatic rings. The van der Waals surface area contributed by atoms with Crippen LogP contribution in [0.5, 0.6) is 0 Å². The fraction of sp³-hybridized carbons (Fsp3) is 0.333. The minimum Gasteiger partial charge on any atom is -0.328 e. The molecule has 0 aliphatic heterocycles. The molecule has 0 amide bonds. The fourth-order valence-corrected chi connectivity index (χ4v) is 4.48. The van der Waals surface area contributed by atoms with Gasteiger partial charge in [0.2, 0.25) is 0 Å². The average molecular weight is 443 g/mol. The average Bonchev–Trinajstić information content (AvgIpc) is 3.75. The molecule has 0 saturated heterocycles. The molecule has 32 heavy (non-hydrogen) atoms. The highest BCUT2D eigenvalue weighted by Crippen LogP contribution is 2.45. The van der Waals surface area contributed by atoms with Crippen molar-refractivity contribution >= 4 is 11.6 Å². The lowest BCUT2D eigenvalue weighted by atomic mass is 9.93. The Hall–Kier alpha value is -2.71. The number of hydrogen-bond donors (Lipinski definition) is 1.